The van der Waals surface area contributed by atoms with Crippen LogP contribution in [0.1, 0.15) is 5.56 Å². The van der Waals surface area contributed by atoms with Crippen LogP contribution in [0.3, 0.4) is 0 Å². The van der Waals surface area contributed by atoms with Crippen LogP contribution in [0.4, 0.5) is 5.69 Å². The molecule has 0 unspecified atom stereocenters. The minimum absolute atomic E-state index is 0.651. The van der Waals surface area contributed by atoms with Gasteiger partial charge in [-0.05, 0) is 24.3 Å². The molecule has 1 aromatic carbocycles. The molecule has 0 bridgehead atoms. The SMILES string of the molecule is COc1ccc(N)cc1/C=C/C#N. The molecule has 0 saturated heterocycles. The standard InChI is InChI=1S/C10H10N2O/c1-13-10-5-4-9(12)7-8(10)3-2-6-11/h2-5,7H,12H2,1H3/b3-2+. The summed E-state index contributed by atoms with van der Waals surface area (Å²) >= 11 is 0. The summed E-state index contributed by atoms with van der Waals surface area (Å²) < 4.78 is 5.08. The van der Waals surface area contributed by atoms with Crippen LogP contribution in [0.15, 0.2) is 24.3 Å². The van der Waals surface area contributed by atoms with E-state index in [4.69, 9.17) is 15.7 Å². The maximum Gasteiger partial charge on any atom is 0.126 e. The zero-order chi connectivity index (χ0) is 9.68. The highest BCUT2D eigenvalue weighted by molar-refractivity contribution is 5.63. The lowest BCUT2D eigenvalue weighted by Crippen LogP contribution is -1.90. The summed E-state index contributed by atoms with van der Waals surface area (Å²) in [5, 5.41) is 8.35. The van der Waals surface area contributed by atoms with Gasteiger partial charge in [0.2, 0.25) is 0 Å². The van der Waals surface area contributed by atoms with Gasteiger partial charge in [-0.1, -0.05) is 0 Å². The summed E-state index contributed by atoms with van der Waals surface area (Å²) in [7, 11) is 1.58. The van der Waals surface area contributed by atoms with Crippen LogP contribution in [0.25, 0.3) is 6.08 Å². The monoisotopic (exact) mass is 174 g/mol. The van der Waals surface area contributed by atoms with E-state index in [0.717, 1.165) is 5.56 Å². The Morgan fingerprint density at radius 2 is 2.31 bits per heavy atom. The van der Waals surface area contributed by atoms with Crippen molar-refractivity contribution in [2.75, 3.05) is 12.8 Å². The van der Waals surface area contributed by atoms with Crippen molar-refractivity contribution < 1.29 is 4.74 Å². The lowest BCUT2D eigenvalue weighted by atomic mass is 10.1. The fourth-order valence-corrected chi connectivity index (χ4v) is 1.01. The minimum atomic E-state index is 0.651. The van der Waals surface area contributed by atoms with Gasteiger partial charge in [0.15, 0.2) is 0 Å². The topological polar surface area (TPSA) is 59.0 Å². The smallest absolute Gasteiger partial charge is 0.126 e. The number of methoxy groups -OCH3 is 1. The molecule has 1 aromatic rings. The van der Waals surface area contributed by atoms with Crippen LogP contribution < -0.4 is 10.5 Å². The fraction of sp³-hybridized carbons (Fsp3) is 0.100. The Hall–Kier alpha value is -1.95. The number of ether oxygens (including phenoxy) is 1. The van der Waals surface area contributed by atoms with Crippen molar-refractivity contribution in [1.82, 2.24) is 0 Å². The van der Waals surface area contributed by atoms with E-state index in [1.165, 1.54) is 6.08 Å². The van der Waals surface area contributed by atoms with Crippen molar-refractivity contribution in [1.29, 1.82) is 5.26 Å². The number of nitriles is 1. The average Bonchev–Trinajstić information content (AvgIpc) is 2.15. The van der Waals surface area contributed by atoms with E-state index in [1.807, 2.05) is 6.07 Å². The molecule has 0 aliphatic rings. The van der Waals surface area contributed by atoms with Gasteiger partial charge in [0.05, 0.1) is 13.2 Å². The highest BCUT2D eigenvalue weighted by Gasteiger charge is 1.98. The summed E-state index contributed by atoms with van der Waals surface area (Å²) in [6.07, 6.45) is 3.05. The molecule has 0 aromatic heterocycles. The van der Waals surface area contributed by atoms with Gasteiger partial charge in [0.1, 0.15) is 5.75 Å². The van der Waals surface area contributed by atoms with Gasteiger partial charge >= 0.3 is 0 Å². The normalized spacial score (nSPS) is 9.85. The predicted molar refractivity (Wildman–Crippen MR) is 52.1 cm³/mol. The predicted octanol–water partition coefficient (Wildman–Crippen LogP) is 1.81. The maximum absolute atomic E-state index is 8.35. The van der Waals surface area contributed by atoms with Crippen molar-refractivity contribution in [3.05, 3.63) is 29.8 Å². The Bertz CT molecular complexity index is 364. The second-order valence-corrected chi connectivity index (χ2v) is 2.46. The summed E-state index contributed by atoms with van der Waals surface area (Å²) in [4.78, 5) is 0. The van der Waals surface area contributed by atoms with Crippen LogP contribution in [-0.2, 0) is 0 Å². The molecule has 1 rings (SSSR count). The Labute approximate surface area is 77.0 Å². The first-order valence-electron chi connectivity index (χ1n) is 3.77. The molecule has 0 heterocycles. The molecule has 3 heteroatoms. The lowest BCUT2D eigenvalue weighted by molar-refractivity contribution is 0.414. The van der Waals surface area contributed by atoms with Crippen molar-refractivity contribution in [2.24, 2.45) is 0 Å². The first-order valence-corrected chi connectivity index (χ1v) is 3.77. The third-order valence-corrected chi connectivity index (χ3v) is 1.59. The van der Waals surface area contributed by atoms with Crippen LogP contribution in [0.5, 0.6) is 5.75 Å². The van der Waals surface area contributed by atoms with E-state index in [9.17, 15) is 0 Å². The number of hydrogen-bond acceptors (Lipinski definition) is 3. The summed E-state index contributed by atoms with van der Waals surface area (Å²) in [5.41, 5.74) is 7.04. The van der Waals surface area contributed by atoms with Gasteiger partial charge in [0.25, 0.3) is 0 Å². The third kappa shape index (κ3) is 2.24. The Morgan fingerprint density at radius 3 is 2.92 bits per heavy atom. The first kappa shape index (κ1) is 9.14. The molecular formula is C10H10N2O. The number of benzene rings is 1. The zero-order valence-electron chi connectivity index (χ0n) is 7.32. The molecular weight excluding hydrogens is 164 g/mol. The second-order valence-electron chi connectivity index (χ2n) is 2.46. The van der Waals surface area contributed by atoms with Gasteiger partial charge in [-0.2, -0.15) is 5.26 Å². The van der Waals surface area contributed by atoms with Crippen molar-refractivity contribution >= 4 is 11.8 Å². The molecule has 3 nitrogen and oxygen atoms in total. The van der Waals surface area contributed by atoms with Crippen LogP contribution >= 0.6 is 0 Å². The molecule has 0 fully saturated rings. The number of anilines is 1. The highest BCUT2D eigenvalue weighted by atomic mass is 16.5. The van der Waals surface area contributed by atoms with E-state index >= 15 is 0 Å². The van der Waals surface area contributed by atoms with Crippen molar-refractivity contribution in [3.8, 4) is 11.8 Å². The lowest BCUT2D eigenvalue weighted by Gasteiger charge is -2.04. The van der Waals surface area contributed by atoms with Crippen LogP contribution in [0.2, 0.25) is 0 Å². The largest absolute Gasteiger partial charge is 0.496 e. The maximum atomic E-state index is 8.35. The molecule has 0 radical (unpaired) electrons. The van der Waals surface area contributed by atoms with Gasteiger partial charge in [-0.15, -0.1) is 0 Å². The molecule has 0 aliphatic carbocycles. The number of nitrogen functional groups attached to an aromatic ring is 1. The number of rotatable bonds is 2. The first-order chi connectivity index (χ1) is 6.27. The molecule has 0 amide bonds. The van der Waals surface area contributed by atoms with Crippen molar-refractivity contribution in [3.63, 3.8) is 0 Å². The highest BCUT2D eigenvalue weighted by Crippen LogP contribution is 2.21. The fourth-order valence-electron chi connectivity index (χ4n) is 1.01. The molecule has 66 valence electrons. The van der Waals surface area contributed by atoms with Gasteiger partial charge in [0, 0.05) is 17.3 Å². The number of hydrogen-bond donors (Lipinski definition) is 1. The van der Waals surface area contributed by atoms with Crippen LogP contribution in [-0.4, -0.2) is 7.11 Å². The van der Waals surface area contributed by atoms with Gasteiger partial charge in [-0.25, -0.2) is 0 Å². The quantitative estimate of drug-likeness (QED) is 0.549. The second kappa shape index (κ2) is 4.17. The van der Waals surface area contributed by atoms with Crippen molar-refractivity contribution in [2.45, 2.75) is 0 Å². The average molecular weight is 174 g/mol. The van der Waals surface area contributed by atoms with Crippen LogP contribution in [0, 0.1) is 11.3 Å². The molecule has 0 saturated carbocycles. The van der Waals surface area contributed by atoms with Gasteiger partial charge < -0.3 is 10.5 Å². The van der Waals surface area contributed by atoms with E-state index in [-0.39, 0.29) is 0 Å². The van der Waals surface area contributed by atoms with E-state index in [1.54, 1.807) is 31.4 Å². The Morgan fingerprint density at radius 1 is 1.54 bits per heavy atom. The molecule has 0 aliphatic heterocycles. The summed E-state index contributed by atoms with van der Waals surface area (Å²) in [6.45, 7) is 0. The molecule has 2 N–H and O–H groups in total. The number of allylic oxidation sites excluding steroid dienone is 1. The number of nitrogens with two attached hydrogens (primary N) is 1. The molecule has 0 spiro atoms. The zero-order valence-corrected chi connectivity index (χ0v) is 7.32. The Kier molecular flexibility index (Phi) is 2.93. The molecule has 0 atom stereocenters. The minimum Gasteiger partial charge on any atom is -0.496 e. The number of nitrogens with zero attached hydrogens (tertiary/aromatic N) is 1. The summed E-state index contributed by atoms with van der Waals surface area (Å²) in [5.74, 6) is 0.709. The summed E-state index contributed by atoms with van der Waals surface area (Å²) in [6, 6.07) is 7.19. The molecule has 13 heavy (non-hydrogen) atoms. The van der Waals surface area contributed by atoms with E-state index < -0.39 is 0 Å². The van der Waals surface area contributed by atoms with Gasteiger partial charge in [-0.3, -0.25) is 0 Å². The van der Waals surface area contributed by atoms with E-state index in [0.29, 0.717) is 11.4 Å². The third-order valence-electron chi connectivity index (χ3n) is 1.59. The van der Waals surface area contributed by atoms with E-state index in [2.05, 4.69) is 0 Å². The Balaban J connectivity index is 3.10.